The molecule has 1 aromatic heterocycles. The fourth-order valence-electron chi connectivity index (χ4n) is 3.55. The number of aromatic nitrogens is 2. The zero-order valence-corrected chi connectivity index (χ0v) is 14.6. The largest absolute Gasteiger partial charge is 0.493 e. The number of hydrogen-bond donors (Lipinski definition) is 3. The van der Waals surface area contributed by atoms with Gasteiger partial charge in [-0.2, -0.15) is 5.10 Å². The fraction of sp³-hybridized carbons (Fsp3) is 0.444. The quantitative estimate of drug-likeness (QED) is 0.781. The number of aryl methyl sites for hydroxylation is 1. The van der Waals surface area contributed by atoms with Gasteiger partial charge >= 0.3 is 0 Å². The van der Waals surface area contributed by atoms with Gasteiger partial charge < -0.3 is 15.2 Å². The SMILES string of the molecule is Cc1[nH]nc(C(=O)N[C@H](c2ccc3c(c2)CCO3)C2CC(O)C2)c1Cl. The average molecular weight is 362 g/mol. The van der Waals surface area contributed by atoms with Gasteiger partial charge in [-0.15, -0.1) is 0 Å². The van der Waals surface area contributed by atoms with Crippen LogP contribution in [0.2, 0.25) is 5.02 Å². The maximum absolute atomic E-state index is 12.7. The smallest absolute Gasteiger partial charge is 0.273 e. The summed E-state index contributed by atoms with van der Waals surface area (Å²) in [6.45, 7) is 2.46. The number of aliphatic hydroxyl groups is 1. The number of nitrogens with one attached hydrogen (secondary N) is 2. The van der Waals surface area contributed by atoms with Crippen LogP contribution in [-0.4, -0.2) is 33.9 Å². The fourth-order valence-corrected chi connectivity index (χ4v) is 3.72. The molecule has 132 valence electrons. The monoisotopic (exact) mass is 361 g/mol. The molecule has 3 N–H and O–H groups in total. The average Bonchev–Trinajstić information content (AvgIpc) is 3.16. The molecule has 1 aromatic carbocycles. The molecule has 2 heterocycles. The van der Waals surface area contributed by atoms with Crippen molar-refractivity contribution in [3.05, 3.63) is 45.7 Å². The van der Waals surface area contributed by atoms with Gasteiger partial charge in [-0.05, 0) is 48.9 Å². The number of nitrogens with zero attached hydrogens (tertiary/aromatic N) is 1. The van der Waals surface area contributed by atoms with Crippen molar-refractivity contribution in [3.8, 4) is 5.75 Å². The first-order chi connectivity index (χ1) is 12.0. The molecule has 7 heteroatoms. The summed E-state index contributed by atoms with van der Waals surface area (Å²) in [6, 6.07) is 5.85. The van der Waals surface area contributed by atoms with E-state index in [9.17, 15) is 9.90 Å². The van der Waals surface area contributed by atoms with Crippen molar-refractivity contribution in [1.82, 2.24) is 15.5 Å². The molecule has 1 amide bonds. The zero-order valence-electron chi connectivity index (χ0n) is 13.9. The van der Waals surface area contributed by atoms with Crippen molar-refractivity contribution >= 4 is 17.5 Å². The molecule has 0 radical (unpaired) electrons. The third kappa shape index (κ3) is 3.00. The molecule has 0 bridgehead atoms. The Hall–Kier alpha value is -2.05. The Morgan fingerprint density at radius 1 is 1.48 bits per heavy atom. The minimum atomic E-state index is -0.308. The standard InChI is InChI=1S/C18H20ClN3O3/c1-9-15(19)17(22-21-9)18(24)20-16(12-7-13(23)8-12)11-2-3-14-10(6-11)4-5-25-14/h2-3,6,12-13,16,23H,4-5,7-8H2,1H3,(H,20,24)(H,21,22)/t12?,13?,16-/m1/s1. The molecule has 1 aliphatic heterocycles. The Morgan fingerprint density at radius 3 is 2.96 bits per heavy atom. The summed E-state index contributed by atoms with van der Waals surface area (Å²) < 4.78 is 5.56. The van der Waals surface area contributed by atoms with E-state index in [1.54, 1.807) is 6.92 Å². The number of carbonyl (C=O) groups excluding carboxylic acids is 1. The second-order valence-electron chi connectivity index (χ2n) is 6.81. The summed E-state index contributed by atoms with van der Waals surface area (Å²) >= 11 is 6.15. The molecule has 4 rings (SSSR count). The van der Waals surface area contributed by atoms with Crippen molar-refractivity contribution in [2.24, 2.45) is 5.92 Å². The third-order valence-corrected chi connectivity index (χ3v) is 5.53. The number of H-pyrrole nitrogens is 1. The van der Waals surface area contributed by atoms with Gasteiger partial charge in [0, 0.05) is 6.42 Å². The highest BCUT2D eigenvalue weighted by Crippen LogP contribution is 2.40. The molecule has 2 aromatic rings. The number of aliphatic hydroxyl groups excluding tert-OH is 1. The van der Waals surface area contributed by atoms with Crippen LogP contribution in [0.15, 0.2) is 18.2 Å². The number of benzene rings is 1. The van der Waals surface area contributed by atoms with Crippen LogP contribution in [0.3, 0.4) is 0 Å². The van der Waals surface area contributed by atoms with Gasteiger partial charge in [0.25, 0.3) is 5.91 Å². The highest BCUT2D eigenvalue weighted by atomic mass is 35.5. The molecule has 2 aliphatic rings. The molecule has 0 unspecified atom stereocenters. The molecule has 6 nitrogen and oxygen atoms in total. The van der Waals surface area contributed by atoms with Crippen LogP contribution in [0.4, 0.5) is 0 Å². The highest BCUT2D eigenvalue weighted by molar-refractivity contribution is 6.34. The van der Waals surface area contributed by atoms with E-state index < -0.39 is 0 Å². The van der Waals surface area contributed by atoms with Crippen LogP contribution in [0.25, 0.3) is 0 Å². The van der Waals surface area contributed by atoms with Crippen LogP contribution < -0.4 is 10.1 Å². The number of carbonyl (C=O) groups is 1. The summed E-state index contributed by atoms with van der Waals surface area (Å²) in [6.07, 6.45) is 1.93. The van der Waals surface area contributed by atoms with Crippen LogP contribution in [0.1, 0.15) is 46.2 Å². The molecule has 1 atom stereocenters. The molecule has 1 fully saturated rings. The summed E-state index contributed by atoms with van der Waals surface area (Å²) in [7, 11) is 0. The second kappa shape index (κ2) is 6.35. The summed E-state index contributed by atoms with van der Waals surface area (Å²) in [5.41, 5.74) is 3.05. The van der Waals surface area contributed by atoms with Gasteiger partial charge in [0.1, 0.15) is 5.75 Å². The summed E-state index contributed by atoms with van der Waals surface area (Å²) in [4.78, 5) is 12.7. The first-order valence-electron chi connectivity index (χ1n) is 8.48. The molecular formula is C18H20ClN3O3. The maximum Gasteiger partial charge on any atom is 0.273 e. The predicted molar refractivity (Wildman–Crippen MR) is 92.9 cm³/mol. The number of amides is 1. The predicted octanol–water partition coefficient (Wildman–Crippen LogP) is 2.55. The van der Waals surface area contributed by atoms with E-state index in [-0.39, 0.29) is 29.7 Å². The Morgan fingerprint density at radius 2 is 2.28 bits per heavy atom. The molecular weight excluding hydrogens is 342 g/mol. The minimum Gasteiger partial charge on any atom is -0.493 e. The normalized spacial score (nSPS) is 22.7. The van der Waals surface area contributed by atoms with E-state index in [1.807, 2.05) is 12.1 Å². The lowest BCUT2D eigenvalue weighted by molar-refractivity contribution is 0.0234. The molecule has 1 aliphatic carbocycles. The number of ether oxygens (including phenoxy) is 1. The van der Waals surface area contributed by atoms with Gasteiger partial charge in [0.05, 0.1) is 29.5 Å². The number of hydrogen-bond acceptors (Lipinski definition) is 4. The lowest BCUT2D eigenvalue weighted by atomic mass is 9.75. The van der Waals surface area contributed by atoms with Crippen LogP contribution >= 0.6 is 11.6 Å². The summed E-state index contributed by atoms with van der Waals surface area (Å²) in [5.74, 6) is 0.795. The van der Waals surface area contributed by atoms with Crippen molar-refractivity contribution in [2.75, 3.05) is 6.61 Å². The van der Waals surface area contributed by atoms with Gasteiger partial charge in [0.15, 0.2) is 5.69 Å². The second-order valence-corrected chi connectivity index (χ2v) is 7.19. The van der Waals surface area contributed by atoms with E-state index >= 15 is 0 Å². The van der Waals surface area contributed by atoms with Crippen LogP contribution in [0, 0.1) is 12.8 Å². The van der Waals surface area contributed by atoms with Crippen molar-refractivity contribution in [1.29, 1.82) is 0 Å². The summed E-state index contributed by atoms with van der Waals surface area (Å²) in [5, 5.41) is 19.8. The van der Waals surface area contributed by atoms with E-state index in [0.29, 0.717) is 30.2 Å². The van der Waals surface area contributed by atoms with E-state index in [0.717, 1.165) is 23.3 Å². The number of fused-ring (bicyclic) bond motifs is 1. The maximum atomic E-state index is 12.7. The Labute approximate surface area is 150 Å². The van der Waals surface area contributed by atoms with E-state index in [2.05, 4.69) is 21.6 Å². The number of aromatic amines is 1. The Kier molecular flexibility index (Phi) is 4.17. The third-order valence-electron chi connectivity index (χ3n) is 5.07. The Balaban J connectivity index is 1.60. The first-order valence-corrected chi connectivity index (χ1v) is 8.85. The van der Waals surface area contributed by atoms with Crippen molar-refractivity contribution in [3.63, 3.8) is 0 Å². The topological polar surface area (TPSA) is 87.2 Å². The lowest BCUT2D eigenvalue weighted by Gasteiger charge is -2.38. The van der Waals surface area contributed by atoms with E-state index in [4.69, 9.17) is 16.3 Å². The van der Waals surface area contributed by atoms with Crippen molar-refractivity contribution < 1.29 is 14.6 Å². The van der Waals surface area contributed by atoms with Gasteiger partial charge in [-0.3, -0.25) is 9.89 Å². The van der Waals surface area contributed by atoms with Crippen molar-refractivity contribution in [2.45, 2.75) is 38.3 Å². The number of halogens is 1. The van der Waals surface area contributed by atoms with Crippen LogP contribution in [-0.2, 0) is 6.42 Å². The molecule has 25 heavy (non-hydrogen) atoms. The number of rotatable bonds is 4. The van der Waals surface area contributed by atoms with Gasteiger partial charge in [-0.25, -0.2) is 0 Å². The van der Waals surface area contributed by atoms with Gasteiger partial charge in [-0.1, -0.05) is 17.7 Å². The van der Waals surface area contributed by atoms with E-state index in [1.165, 1.54) is 0 Å². The zero-order chi connectivity index (χ0) is 17.6. The van der Waals surface area contributed by atoms with Crippen LogP contribution in [0.5, 0.6) is 5.75 Å². The molecule has 1 saturated carbocycles. The minimum absolute atomic E-state index is 0.185. The molecule has 0 saturated heterocycles. The highest BCUT2D eigenvalue weighted by Gasteiger charge is 2.36. The Bertz CT molecular complexity index is 814. The van der Waals surface area contributed by atoms with Gasteiger partial charge in [0.2, 0.25) is 0 Å². The lowest BCUT2D eigenvalue weighted by Crippen LogP contribution is -2.41. The molecule has 0 spiro atoms. The first kappa shape index (κ1) is 16.4.